The monoisotopic (exact) mass is 408 g/mol. The Bertz CT molecular complexity index is 1020. The Kier molecular flexibility index (Phi) is 5.03. The Morgan fingerprint density at radius 2 is 1.97 bits per heavy atom. The van der Waals surface area contributed by atoms with Crippen molar-refractivity contribution in [2.24, 2.45) is 0 Å². The van der Waals surface area contributed by atoms with Gasteiger partial charge in [-0.3, -0.25) is 9.59 Å². The third-order valence-electron chi connectivity index (χ3n) is 5.16. The van der Waals surface area contributed by atoms with E-state index in [2.05, 4.69) is 9.97 Å². The molecule has 0 aliphatic carbocycles. The summed E-state index contributed by atoms with van der Waals surface area (Å²) in [5, 5.41) is 0. The molecule has 2 aromatic rings. The van der Waals surface area contributed by atoms with Gasteiger partial charge in [0.25, 0.3) is 5.56 Å². The van der Waals surface area contributed by atoms with Crippen molar-refractivity contribution >= 4 is 17.4 Å². The van der Waals surface area contributed by atoms with Gasteiger partial charge in [0.05, 0.1) is 25.3 Å². The summed E-state index contributed by atoms with van der Waals surface area (Å²) in [5.74, 6) is -3.52. The van der Waals surface area contributed by atoms with Gasteiger partial charge in [0.1, 0.15) is 5.82 Å². The van der Waals surface area contributed by atoms with Gasteiger partial charge in [0, 0.05) is 24.7 Å². The number of aromatic amines is 1. The van der Waals surface area contributed by atoms with Crippen molar-refractivity contribution < 1.29 is 22.7 Å². The fourth-order valence-corrected chi connectivity index (χ4v) is 3.80. The van der Waals surface area contributed by atoms with Gasteiger partial charge in [-0.15, -0.1) is 0 Å². The molecular formula is C19H19F3N4O3. The molecule has 1 amide bonds. The number of H-pyrrole nitrogens is 1. The first-order chi connectivity index (χ1) is 13.9. The number of benzene rings is 1. The van der Waals surface area contributed by atoms with Gasteiger partial charge >= 0.3 is 0 Å². The second-order valence-electron chi connectivity index (χ2n) is 7.10. The van der Waals surface area contributed by atoms with E-state index >= 15 is 0 Å². The predicted octanol–water partition coefficient (Wildman–Crippen LogP) is 1.54. The number of fused-ring (bicyclic) bond motifs is 1. The van der Waals surface area contributed by atoms with E-state index < -0.39 is 28.9 Å². The number of nitrogens with one attached hydrogen (secondary N) is 1. The Morgan fingerprint density at radius 3 is 2.69 bits per heavy atom. The second-order valence-corrected chi connectivity index (χ2v) is 7.10. The van der Waals surface area contributed by atoms with Gasteiger partial charge in [0.2, 0.25) is 11.7 Å². The van der Waals surface area contributed by atoms with Crippen molar-refractivity contribution in [1.29, 1.82) is 0 Å². The molecule has 0 bridgehead atoms. The van der Waals surface area contributed by atoms with Crippen LogP contribution in [0.2, 0.25) is 0 Å². The van der Waals surface area contributed by atoms with Crippen molar-refractivity contribution in [2.45, 2.75) is 25.8 Å². The van der Waals surface area contributed by atoms with Crippen LogP contribution in [0, 0.1) is 17.5 Å². The van der Waals surface area contributed by atoms with Crippen molar-refractivity contribution in [3.05, 3.63) is 51.3 Å². The number of aromatic nitrogens is 2. The number of ether oxygens (including phenoxy) is 1. The number of halogens is 3. The third kappa shape index (κ3) is 3.48. The van der Waals surface area contributed by atoms with Crippen LogP contribution in [0.15, 0.2) is 16.9 Å². The summed E-state index contributed by atoms with van der Waals surface area (Å²) in [5.41, 5.74) is -0.535. The molecule has 0 unspecified atom stereocenters. The highest BCUT2D eigenvalue weighted by Gasteiger charge is 2.34. The van der Waals surface area contributed by atoms with E-state index in [0.717, 1.165) is 6.07 Å². The van der Waals surface area contributed by atoms with Gasteiger partial charge in [-0.2, -0.15) is 4.39 Å². The summed E-state index contributed by atoms with van der Waals surface area (Å²) in [7, 11) is 0. The van der Waals surface area contributed by atoms with E-state index in [9.17, 15) is 22.8 Å². The largest absolute Gasteiger partial charge is 0.378 e. The molecule has 0 radical (unpaired) electrons. The quantitative estimate of drug-likeness (QED) is 0.834. The molecule has 3 heterocycles. The van der Waals surface area contributed by atoms with E-state index in [0.29, 0.717) is 32.0 Å². The van der Waals surface area contributed by atoms with Crippen molar-refractivity contribution in [1.82, 2.24) is 9.97 Å². The second kappa shape index (κ2) is 7.51. The van der Waals surface area contributed by atoms with Gasteiger partial charge in [-0.05, 0) is 25.5 Å². The molecule has 1 fully saturated rings. The lowest BCUT2D eigenvalue weighted by Gasteiger charge is -2.28. The van der Waals surface area contributed by atoms with Crippen LogP contribution in [0.1, 0.15) is 18.3 Å². The lowest BCUT2D eigenvalue weighted by Crippen LogP contribution is -2.40. The number of amides is 1. The average Bonchev–Trinajstić information content (AvgIpc) is 3.05. The van der Waals surface area contributed by atoms with E-state index in [1.165, 1.54) is 11.0 Å². The molecule has 1 aromatic heterocycles. The molecule has 4 rings (SSSR count). The van der Waals surface area contributed by atoms with Crippen LogP contribution in [-0.2, 0) is 22.4 Å². The number of carbonyl (C=O) groups excluding carboxylic acids is 1. The summed E-state index contributed by atoms with van der Waals surface area (Å²) < 4.78 is 47.1. The van der Waals surface area contributed by atoms with Crippen LogP contribution in [0.25, 0.3) is 0 Å². The number of rotatable bonds is 3. The van der Waals surface area contributed by atoms with Gasteiger partial charge in [-0.1, -0.05) is 0 Å². The lowest BCUT2D eigenvalue weighted by molar-refractivity contribution is -0.118. The molecule has 2 aliphatic heterocycles. The predicted molar refractivity (Wildman–Crippen MR) is 98.6 cm³/mol. The zero-order valence-electron chi connectivity index (χ0n) is 15.7. The highest BCUT2D eigenvalue weighted by molar-refractivity contribution is 5.97. The van der Waals surface area contributed by atoms with Crippen molar-refractivity contribution in [3.63, 3.8) is 0 Å². The first kappa shape index (κ1) is 19.4. The first-order valence-corrected chi connectivity index (χ1v) is 9.27. The molecule has 2 aliphatic rings. The molecule has 10 heteroatoms. The molecule has 0 saturated carbocycles. The number of anilines is 2. The van der Waals surface area contributed by atoms with Crippen LogP contribution in [-0.4, -0.2) is 48.2 Å². The average molecular weight is 408 g/mol. The summed E-state index contributed by atoms with van der Waals surface area (Å²) in [6, 6.07) is 1.94. The maximum absolute atomic E-state index is 14.3. The fraction of sp³-hybridized carbons (Fsp3) is 0.421. The Morgan fingerprint density at radius 1 is 1.24 bits per heavy atom. The maximum Gasteiger partial charge on any atom is 0.289 e. The summed E-state index contributed by atoms with van der Waals surface area (Å²) in [6.07, 6.45) is -0.132. The summed E-state index contributed by atoms with van der Waals surface area (Å²) >= 11 is 0. The topological polar surface area (TPSA) is 78.5 Å². The molecule has 1 saturated heterocycles. The highest BCUT2D eigenvalue weighted by Crippen LogP contribution is 2.35. The molecule has 29 heavy (non-hydrogen) atoms. The Labute approximate surface area is 164 Å². The number of hydrogen-bond acceptors (Lipinski definition) is 5. The van der Waals surface area contributed by atoms with Crippen LogP contribution in [0.4, 0.5) is 24.7 Å². The molecule has 1 N–H and O–H groups in total. The van der Waals surface area contributed by atoms with Crippen LogP contribution in [0.3, 0.4) is 0 Å². The Balaban J connectivity index is 1.62. The molecule has 7 nitrogen and oxygen atoms in total. The maximum atomic E-state index is 14.3. The third-order valence-corrected chi connectivity index (χ3v) is 5.16. The molecule has 0 spiro atoms. The molecular weight excluding hydrogens is 389 g/mol. The fourth-order valence-electron chi connectivity index (χ4n) is 3.80. The van der Waals surface area contributed by atoms with Crippen molar-refractivity contribution in [3.8, 4) is 0 Å². The lowest BCUT2D eigenvalue weighted by atomic mass is 10.1. The summed E-state index contributed by atoms with van der Waals surface area (Å²) in [6.45, 7) is 3.23. The zero-order valence-corrected chi connectivity index (χ0v) is 15.7. The van der Waals surface area contributed by atoms with Gasteiger partial charge in [-0.25, -0.2) is 13.8 Å². The zero-order chi connectivity index (χ0) is 20.7. The van der Waals surface area contributed by atoms with Crippen LogP contribution in [0.5, 0.6) is 0 Å². The number of nitrogens with zero attached hydrogens (tertiary/aromatic N) is 3. The number of hydrogen-bond donors (Lipinski definition) is 1. The van der Waals surface area contributed by atoms with E-state index in [1.54, 1.807) is 11.8 Å². The van der Waals surface area contributed by atoms with E-state index in [1.807, 2.05) is 0 Å². The number of carbonyl (C=O) groups is 1. The minimum absolute atomic E-state index is 0.00567. The smallest absolute Gasteiger partial charge is 0.289 e. The minimum Gasteiger partial charge on any atom is -0.378 e. The molecule has 1 atom stereocenters. The van der Waals surface area contributed by atoms with Crippen molar-refractivity contribution in [2.75, 3.05) is 36.1 Å². The standard InChI is InChI=1S/C19H19F3N4O3/c1-10-8-11-13(3-2-12(20)16(11)21)26(10)15(27)9-14-23-18(17(22)19(28)24-14)25-4-6-29-7-5-25/h2-3,10H,4-9H2,1H3,(H,23,24,28)/t10-/m1/s1. The summed E-state index contributed by atoms with van der Waals surface area (Å²) in [4.78, 5) is 34.3. The van der Waals surface area contributed by atoms with Gasteiger partial charge < -0.3 is 19.5 Å². The highest BCUT2D eigenvalue weighted by atomic mass is 19.2. The SMILES string of the molecule is C[C@@H]1Cc2c(ccc(F)c2F)N1C(=O)Cc1nc(N2CCOCC2)c(F)c(=O)[nH]1. The normalized spacial score (nSPS) is 18.8. The Hall–Kier alpha value is -2.88. The van der Waals surface area contributed by atoms with Gasteiger partial charge in [0.15, 0.2) is 17.5 Å². The first-order valence-electron chi connectivity index (χ1n) is 9.27. The molecule has 1 aromatic carbocycles. The van der Waals surface area contributed by atoms with E-state index in [4.69, 9.17) is 4.74 Å². The van der Waals surface area contributed by atoms with Crippen LogP contribution < -0.4 is 15.4 Å². The van der Waals surface area contributed by atoms with Crippen LogP contribution >= 0.6 is 0 Å². The molecule has 154 valence electrons. The minimum atomic E-state index is -1.01. The van der Waals surface area contributed by atoms with E-state index in [-0.39, 0.29) is 36.1 Å². The number of morpholine rings is 1.